The van der Waals surface area contributed by atoms with Crippen molar-refractivity contribution < 1.29 is 14.5 Å². The number of esters is 1. The summed E-state index contributed by atoms with van der Waals surface area (Å²) in [6.07, 6.45) is 0.378. The minimum Gasteiger partial charge on any atom is -0.457 e. The Morgan fingerprint density at radius 1 is 1.50 bits per heavy atom. The zero-order chi connectivity index (χ0) is 11.7. The standard InChI is InChI=1S/C10H8ClNO4/c11-8-2-1-6(12(14)15)5-7(8)9-3-4-10(13)16-9/h1-2,5,9H,3-4H2/t9-/m1/s1. The van der Waals surface area contributed by atoms with E-state index in [9.17, 15) is 14.9 Å². The number of ether oxygens (including phenoxy) is 1. The Hall–Kier alpha value is -1.62. The minimum atomic E-state index is -0.503. The molecule has 16 heavy (non-hydrogen) atoms. The molecule has 5 nitrogen and oxygen atoms in total. The number of carbonyl (C=O) groups excluding carboxylic acids is 1. The molecule has 0 bridgehead atoms. The molecule has 2 rings (SSSR count). The van der Waals surface area contributed by atoms with Gasteiger partial charge in [0.05, 0.1) is 4.92 Å². The molecule has 1 saturated heterocycles. The van der Waals surface area contributed by atoms with Crippen molar-refractivity contribution in [2.45, 2.75) is 18.9 Å². The number of cyclic esters (lactones) is 1. The monoisotopic (exact) mass is 241 g/mol. The molecule has 0 aromatic heterocycles. The molecule has 1 aromatic rings. The Balaban J connectivity index is 2.35. The number of carbonyl (C=O) groups is 1. The molecule has 84 valence electrons. The molecule has 0 aliphatic carbocycles. The second-order valence-electron chi connectivity index (χ2n) is 3.48. The second-order valence-corrected chi connectivity index (χ2v) is 3.89. The quantitative estimate of drug-likeness (QED) is 0.453. The molecule has 0 radical (unpaired) electrons. The molecule has 1 aliphatic heterocycles. The molecule has 1 aromatic carbocycles. The zero-order valence-electron chi connectivity index (χ0n) is 8.18. The number of non-ortho nitro benzene ring substituents is 1. The molecule has 0 unspecified atom stereocenters. The normalized spacial score (nSPS) is 19.6. The van der Waals surface area contributed by atoms with Gasteiger partial charge in [0.1, 0.15) is 6.10 Å². The van der Waals surface area contributed by atoms with Gasteiger partial charge in [-0.05, 0) is 12.5 Å². The van der Waals surface area contributed by atoms with Crippen LogP contribution >= 0.6 is 11.6 Å². The number of nitrogens with zero attached hydrogens (tertiary/aromatic N) is 1. The van der Waals surface area contributed by atoms with E-state index in [1.165, 1.54) is 18.2 Å². The van der Waals surface area contributed by atoms with Gasteiger partial charge in [-0.2, -0.15) is 0 Å². The lowest BCUT2D eigenvalue weighted by molar-refractivity contribution is -0.385. The Kier molecular flexibility index (Phi) is 2.78. The maximum atomic E-state index is 11.0. The lowest BCUT2D eigenvalue weighted by Crippen LogP contribution is -2.00. The smallest absolute Gasteiger partial charge is 0.306 e. The molecule has 0 saturated carbocycles. The van der Waals surface area contributed by atoms with Gasteiger partial charge in [-0.3, -0.25) is 14.9 Å². The fraction of sp³-hybridized carbons (Fsp3) is 0.300. The van der Waals surface area contributed by atoms with Crippen molar-refractivity contribution in [1.82, 2.24) is 0 Å². The van der Waals surface area contributed by atoms with E-state index < -0.39 is 11.0 Å². The SMILES string of the molecule is O=C1CC[C@H](c2cc([N+](=O)[O-])ccc2Cl)O1. The molecule has 1 heterocycles. The van der Waals surface area contributed by atoms with Crippen molar-refractivity contribution in [2.24, 2.45) is 0 Å². The minimum absolute atomic E-state index is 0.0534. The van der Waals surface area contributed by atoms with E-state index in [-0.39, 0.29) is 11.7 Å². The number of benzene rings is 1. The number of nitro groups is 1. The van der Waals surface area contributed by atoms with Crippen LogP contribution in [-0.4, -0.2) is 10.9 Å². The van der Waals surface area contributed by atoms with Gasteiger partial charge in [-0.1, -0.05) is 11.6 Å². The van der Waals surface area contributed by atoms with Crippen LogP contribution in [0, 0.1) is 10.1 Å². The molecule has 0 amide bonds. The summed E-state index contributed by atoms with van der Waals surface area (Å²) in [7, 11) is 0. The second kappa shape index (κ2) is 4.09. The van der Waals surface area contributed by atoms with Gasteiger partial charge in [0, 0.05) is 29.1 Å². The summed E-state index contributed by atoms with van der Waals surface area (Å²) in [6, 6.07) is 4.12. The first-order chi connectivity index (χ1) is 7.58. The summed E-state index contributed by atoms with van der Waals surface area (Å²) in [4.78, 5) is 21.1. The van der Waals surface area contributed by atoms with Gasteiger partial charge in [-0.25, -0.2) is 0 Å². The van der Waals surface area contributed by atoms with Crippen LogP contribution in [0.4, 0.5) is 5.69 Å². The molecule has 1 aliphatic rings. The highest BCUT2D eigenvalue weighted by molar-refractivity contribution is 6.31. The van der Waals surface area contributed by atoms with Gasteiger partial charge in [0.25, 0.3) is 5.69 Å². The van der Waals surface area contributed by atoms with Gasteiger partial charge in [-0.15, -0.1) is 0 Å². The summed E-state index contributed by atoms with van der Waals surface area (Å²) in [5.74, 6) is -0.299. The maximum absolute atomic E-state index is 11.0. The van der Waals surface area contributed by atoms with Gasteiger partial charge < -0.3 is 4.74 Å². The highest BCUT2D eigenvalue weighted by Gasteiger charge is 2.27. The first-order valence-electron chi connectivity index (χ1n) is 4.71. The Bertz CT molecular complexity index is 460. The van der Waals surface area contributed by atoms with E-state index in [0.29, 0.717) is 23.4 Å². The van der Waals surface area contributed by atoms with E-state index in [0.717, 1.165) is 0 Å². The third-order valence-electron chi connectivity index (χ3n) is 2.42. The fourth-order valence-electron chi connectivity index (χ4n) is 1.64. The lowest BCUT2D eigenvalue weighted by Gasteiger charge is -2.10. The first-order valence-corrected chi connectivity index (χ1v) is 5.09. The Morgan fingerprint density at radius 2 is 2.25 bits per heavy atom. The molecule has 6 heteroatoms. The molecule has 0 N–H and O–H groups in total. The summed E-state index contributed by atoms with van der Waals surface area (Å²) >= 11 is 5.91. The predicted octanol–water partition coefficient (Wildman–Crippen LogP) is 2.63. The van der Waals surface area contributed by atoms with Crippen molar-refractivity contribution in [3.05, 3.63) is 38.9 Å². The van der Waals surface area contributed by atoms with Crippen molar-refractivity contribution in [3.8, 4) is 0 Å². The highest BCUT2D eigenvalue weighted by atomic mass is 35.5. The van der Waals surface area contributed by atoms with Crippen molar-refractivity contribution in [1.29, 1.82) is 0 Å². The number of hydrogen-bond donors (Lipinski definition) is 0. The zero-order valence-corrected chi connectivity index (χ0v) is 8.94. The Morgan fingerprint density at radius 3 is 2.81 bits per heavy atom. The van der Waals surface area contributed by atoms with Crippen molar-refractivity contribution in [2.75, 3.05) is 0 Å². The van der Waals surface area contributed by atoms with Gasteiger partial charge in [0.2, 0.25) is 0 Å². The van der Waals surface area contributed by atoms with E-state index in [1.807, 2.05) is 0 Å². The van der Waals surface area contributed by atoms with Crippen LogP contribution < -0.4 is 0 Å². The molecule has 1 atom stereocenters. The first kappa shape index (κ1) is 10.9. The van der Waals surface area contributed by atoms with E-state index in [1.54, 1.807) is 0 Å². The van der Waals surface area contributed by atoms with Crippen LogP contribution in [0.15, 0.2) is 18.2 Å². The maximum Gasteiger partial charge on any atom is 0.306 e. The number of nitro benzene ring substituents is 1. The summed E-state index contributed by atoms with van der Waals surface area (Å²) < 4.78 is 5.02. The topological polar surface area (TPSA) is 69.4 Å². The summed E-state index contributed by atoms with van der Waals surface area (Å²) in [6.45, 7) is 0. The van der Waals surface area contributed by atoms with E-state index in [4.69, 9.17) is 16.3 Å². The third-order valence-corrected chi connectivity index (χ3v) is 2.77. The number of hydrogen-bond acceptors (Lipinski definition) is 4. The molecule has 0 spiro atoms. The van der Waals surface area contributed by atoms with Crippen LogP contribution in [0.2, 0.25) is 5.02 Å². The highest BCUT2D eigenvalue weighted by Crippen LogP contribution is 2.35. The molecular formula is C10H8ClNO4. The van der Waals surface area contributed by atoms with Crippen LogP contribution in [-0.2, 0) is 9.53 Å². The van der Waals surface area contributed by atoms with Crippen LogP contribution in [0.5, 0.6) is 0 Å². The van der Waals surface area contributed by atoms with Crippen molar-refractivity contribution in [3.63, 3.8) is 0 Å². The van der Waals surface area contributed by atoms with Crippen molar-refractivity contribution >= 4 is 23.3 Å². The average molecular weight is 242 g/mol. The fourth-order valence-corrected chi connectivity index (χ4v) is 1.88. The lowest BCUT2D eigenvalue weighted by atomic mass is 10.1. The molecular weight excluding hydrogens is 234 g/mol. The van der Waals surface area contributed by atoms with Gasteiger partial charge >= 0.3 is 5.97 Å². The van der Waals surface area contributed by atoms with E-state index in [2.05, 4.69) is 0 Å². The summed E-state index contributed by atoms with van der Waals surface area (Å²) in [5.41, 5.74) is 0.448. The number of halogens is 1. The van der Waals surface area contributed by atoms with Crippen LogP contribution in [0.1, 0.15) is 24.5 Å². The van der Waals surface area contributed by atoms with Gasteiger partial charge in [0.15, 0.2) is 0 Å². The van der Waals surface area contributed by atoms with Crippen LogP contribution in [0.3, 0.4) is 0 Å². The summed E-state index contributed by atoms with van der Waals surface area (Å²) in [5, 5.41) is 11.0. The predicted molar refractivity (Wildman–Crippen MR) is 56.2 cm³/mol. The largest absolute Gasteiger partial charge is 0.457 e. The third kappa shape index (κ3) is 1.99. The van der Waals surface area contributed by atoms with Crippen LogP contribution in [0.25, 0.3) is 0 Å². The molecule has 1 fully saturated rings. The number of rotatable bonds is 2. The Labute approximate surface area is 96.1 Å². The average Bonchev–Trinajstić information content (AvgIpc) is 2.65. The van der Waals surface area contributed by atoms with E-state index >= 15 is 0 Å².